The monoisotopic (exact) mass is 294 g/mol. The lowest BCUT2D eigenvalue weighted by atomic mass is 9.97. The maximum Gasteiger partial charge on any atom is 0.251 e. The molecule has 2 heterocycles. The van der Waals surface area contributed by atoms with Gasteiger partial charge in [-0.1, -0.05) is 0 Å². The van der Waals surface area contributed by atoms with Crippen molar-refractivity contribution in [2.24, 2.45) is 5.92 Å². The fourth-order valence-electron chi connectivity index (χ4n) is 2.91. The highest BCUT2D eigenvalue weighted by Gasteiger charge is 2.20. The van der Waals surface area contributed by atoms with Gasteiger partial charge < -0.3 is 9.88 Å². The minimum Gasteiger partial charge on any atom is -0.352 e. The predicted molar refractivity (Wildman–Crippen MR) is 82.3 cm³/mol. The molecule has 0 saturated carbocycles. The maximum absolute atomic E-state index is 12.3. The summed E-state index contributed by atoms with van der Waals surface area (Å²) in [5.74, 6) is 1.45. The van der Waals surface area contributed by atoms with Gasteiger partial charge in [0.15, 0.2) is 0 Å². The summed E-state index contributed by atoms with van der Waals surface area (Å²) in [5, 5.41) is 11.9. The molecule has 1 atom stereocenters. The van der Waals surface area contributed by atoms with E-state index in [9.17, 15) is 4.79 Å². The SMILES string of the molecule is Cc1cc(C#N)ccc1C(=O)NC[C@@H]1CCn2ccnc2C1. The second kappa shape index (κ2) is 6.02. The van der Waals surface area contributed by atoms with Gasteiger partial charge in [0.1, 0.15) is 5.82 Å². The number of fused-ring (bicyclic) bond motifs is 1. The lowest BCUT2D eigenvalue weighted by Crippen LogP contribution is -2.33. The molecule has 0 aliphatic carbocycles. The van der Waals surface area contributed by atoms with E-state index < -0.39 is 0 Å². The van der Waals surface area contributed by atoms with Crippen LogP contribution in [0.15, 0.2) is 30.6 Å². The first-order valence-electron chi connectivity index (χ1n) is 7.46. The molecule has 1 aromatic heterocycles. The number of hydrogen-bond acceptors (Lipinski definition) is 3. The summed E-state index contributed by atoms with van der Waals surface area (Å²) in [7, 11) is 0. The molecular weight excluding hydrogens is 276 g/mol. The number of aromatic nitrogens is 2. The third-order valence-corrected chi connectivity index (χ3v) is 4.20. The summed E-state index contributed by atoms with van der Waals surface area (Å²) in [4.78, 5) is 16.6. The van der Waals surface area contributed by atoms with Crippen molar-refractivity contribution >= 4 is 5.91 Å². The Morgan fingerprint density at radius 3 is 3.18 bits per heavy atom. The van der Waals surface area contributed by atoms with Crippen LogP contribution in [0.4, 0.5) is 0 Å². The molecule has 1 N–H and O–H groups in total. The molecule has 22 heavy (non-hydrogen) atoms. The molecular formula is C17H18N4O. The first-order chi connectivity index (χ1) is 10.7. The van der Waals surface area contributed by atoms with E-state index in [-0.39, 0.29) is 5.91 Å². The first kappa shape index (κ1) is 14.3. The van der Waals surface area contributed by atoms with Crippen LogP contribution < -0.4 is 5.32 Å². The highest BCUT2D eigenvalue weighted by Crippen LogP contribution is 2.18. The van der Waals surface area contributed by atoms with E-state index in [2.05, 4.69) is 20.9 Å². The van der Waals surface area contributed by atoms with Crippen LogP contribution in [-0.2, 0) is 13.0 Å². The van der Waals surface area contributed by atoms with Crippen LogP contribution in [0, 0.1) is 24.2 Å². The highest BCUT2D eigenvalue weighted by molar-refractivity contribution is 5.95. The molecule has 2 aromatic rings. The van der Waals surface area contributed by atoms with Crippen molar-refractivity contribution in [3.05, 3.63) is 53.1 Å². The van der Waals surface area contributed by atoms with Crippen molar-refractivity contribution in [2.45, 2.75) is 26.3 Å². The number of nitrogens with zero attached hydrogens (tertiary/aromatic N) is 3. The zero-order valence-electron chi connectivity index (χ0n) is 12.5. The Morgan fingerprint density at radius 2 is 2.41 bits per heavy atom. The summed E-state index contributed by atoms with van der Waals surface area (Å²) in [5.41, 5.74) is 2.04. The van der Waals surface area contributed by atoms with Gasteiger partial charge in [0.05, 0.1) is 11.6 Å². The molecule has 5 heteroatoms. The van der Waals surface area contributed by atoms with Gasteiger partial charge in [0.2, 0.25) is 0 Å². The number of carbonyl (C=O) groups is 1. The van der Waals surface area contributed by atoms with Gasteiger partial charge in [-0.2, -0.15) is 5.26 Å². The second-order valence-corrected chi connectivity index (χ2v) is 5.75. The third kappa shape index (κ3) is 2.86. The minimum absolute atomic E-state index is 0.0732. The molecule has 0 bridgehead atoms. The molecule has 1 amide bonds. The van der Waals surface area contributed by atoms with E-state index in [1.165, 1.54) is 0 Å². The van der Waals surface area contributed by atoms with Crippen molar-refractivity contribution in [3.63, 3.8) is 0 Å². The molecule has 0 radical (unpaired) electrons. The van der Waals surface area contributed by atoms with Crippen LogP contribution in [0.2, 0.25) is 0 Å². The van der Waals surface area contributed by atoms with Crippen LogP contribution in [0.1, 0.15) is 33.7 Å². The van der Waals surface area contributed by atoms with Crippen molar-refractivity contribution in [3.8, 4) is 6.07 Å². The standard InChI is InChI=1S/C17H18N4O/c1-12-8-13(10-18)2-3-15(12)17(22)20-11-14-4-6-21-7-5-19-16(21)9-14/h2-3,5,7-8,14H,4,6,9,11H2,1H3,(H,20,22)/t14-/m1/s1. The largest absolute Gasteiger partial charge is 0.352 e. The van der Waals surface area contributed by atoms with Gasteiger partial charge in [-0.05, 0) is 43.0 Å². The van der Waals surface area contributed by atoms with Crippen LogP contribution in [0.25, 0.3) is 0 Å². The Labute approximate surface area is 129 Å². The Bertz CT molecular complexity index is 741. The number of amides is 1. The Balaban J connectivity index is 1.60. The van der Waals surface area contributed by atoms with Gasteiger partial charge in [-0.25, -0.2) is 4.98 Å². The number of nitrogens with one attached hydrogen (secondary N) is 1. The molecule has 5 nitrogen and oxygen atoms in total. The average Bonchev–Trinajstić information content (AvgIpc) is 3.00. The van der Waals surface area contributed by atoms with Gasteiger partial charge >= 0.3 is 0 Å². The lowest BCUT2D eigenvalue weighted by Gasteiger charge is -2.23. The number of carbonyl (C=O) groups excluding carboxylic acids is 1. The van der Waals surface area contributed by atoms with Crippen LogP contribution in [0.3, 0.4) is 0 Å². The molecule has 112 valence electrons. The maximum atomic E-state index is 12.3. The van der Waals surface area contributed by atoms with Crippen LogP contribution in [-0.4, -0.2) is 22.0 Å². The zero-order valence-corrected chi connectivity index (χ0v) is 12.5. The topological polar surface area (TPSA) is 70.7 Å². The average molecular weight is 294 g/mol. The molecule has 0 saturated heterocycles. The summed E-state index contributed by atoms with van der Waals surface area (Å²) in [6.07, 6.45) is 5.79. The Kier molecular flexibility index (Phi) is 3.92. The normalized spacial score (nSPS) is 16.6. The van der Waals surface area contributed by atoms with E-state index in [0.29, 0.717) is 23.6 Å². The highest BCUT2D eigenvalue weighted by atomic mass is 16.1. The quantitative estimate of drug-likeness (QED) is 0.942. The number of rotatable bonds is 3. The molecule has 0 fully saturated rings. The zero-order chi connectivity index (χ0) is 15.5. The van der Waals surface area contributed by atoms with Crippen LogP contribution >= 0.6 is 0 Å². The number of hydrogen-bond donors (Lipinski definition) is 1. The van der Waals surface area contributed by atoms with Crippen molar-refractivity contribution in [2.75, 3.05) is 6.54 Å². The number of imidazole rings is 1. The molecule has 0 unspecified atom stereocenters. The number of nitriles is 1. The lowest BCUT2D eigenvalue weighted by molar-refractivity contribution is 0.0944. The van der Waals surface area contributed by atoms with E-state index in [1.54, 1.807) is 18.2 Å². The van der Waals surface area contributed by atoms with E-state index in [1.807, 2.05) is 19.3 Å². The predicted octanol–water partition coefficient (Wildman–Crippen LogP) is 2.06. The third-order valence-electron chi connectivity index (χ3n) is 4.20. The fourth-order valence-corrected chi connectivity index (χ4v) is 2.91. The number of benzene rings is 1. The smallest absolute Gasteiger partial charge is 0.251 e. The molecule has 1 aliphatic rings. The molecule has 0 spiro atoms. The van der Waals surface area contributed by atoms with Crippen molar-refractivity contribution in [1.29, 1.82) is 5.26 Å². The Morgan fingerprint density at radius 1 is 1.55 bits per heavy atom. The second-order valence-electron chi connectivity index (χ2n) is 5.75. The van der Waals surface area contributed by atoms with E-state index in [4.69, 9.17) is 5.26 Å². The molecule has 3 rings (SSSR count). The van der Waals surface area contributed by atoms with Crippen molar-refractivity contribution < 1.29 is 4.79 Å². The minimum atomic E-state index is -0.0732. The summed E-state index contributed by atoms with van der Waals surface area (Å²) >= 11 is 0. The van der Waals surface area contributed by atoms with Gasteiger partial charge in [-0.3, -0.25) is 4.79 Å². The van der Waals surface area contributed by atoms with E-state index >= 15 is 0 Å². The van der Waals surface area contributed by atoms with Crippen LogP contribution in [0.5, 0.6) is 0 Å². The van der Waals surface area contributed by atoms with Crippen molar-refractivity contribution in [1.82, 2.24) is 14.9 Å². The van der Waals surface area contributed by atoms with Gasteiger partial charge in [0.25, 0.3) is 5.91 Å². The van der Waals surface area contributed by atoms with Gasteiger partial charge in [-0.15, -0.1) is 0 Å². The fraction of sp³-hybridized carbons (Fsp3) is 0.353. The van der Waals surface area contributed by atoms with Gasteiger partial charge in [0, 0.05) is 37.5 Å². The molecule has 1 aromatic carbocycles. The summed E-state index contributed by atoms with van der Waals surface area (Å²) < 4.78 is 2.17. The Hall–Kier alpha value is -2.61. The first-order valence-corrected chi connectivity index (χ1v) is 7.46. The van der Waals surface area contributed by atoms with E-state index in [0.717, 1.165) is 30.8 Å². The number of aryl methyl sites for hydroxylation is 2. The summed E-state index contributed by atoms with van der Waals surface area (Å²) in [6.45, 7) is 3.48. The summed E-state index contributed by atoms with van der Waals surface area (Å²) in [6, 6.07) is 7.22. The molecule has 1 aliphatic heterocycles.